The van der Waals surface area contributed by atoms with Gasteiger partial charge in [0.05, 0.1) is 12.5 Å². The molecule has 0 fully saturated rings. The minimum Gasteiger partial charge on any atom is -0.481 e. The van der Waals surface area contributed by atoms with E-state index in [2.05, 4.69) is 10.2 Å². The van der Waals surface area contributed by atoms with Crippen molar-refractivity contribution < 1.29 is 14.3 Å². The highest BCUT2D eigenvalue weighted by Crippen LogP contribution is 2.30. The first-order valence-corrected chi connectivity index (χ1v) is 6.48. The van der Waals surface area contributed by atoms with Gasteiger partial charge in [0.15, 0.2) is 0 Å². The molecule has 0 spiro atoms. The summed E-state index contributed by atoms with van der Waals surface area (Å²) in [6.07, 6.45) is 0.560. The molecular weight excluding hydrogens is 258 g/mol. The van der Waals surface area contributed by atoms with Crippen LogP contribution in [0.3, 0.4) is 0 Å². The topological polar surface area (TPSA) is 79.5 Å². The second kappa shape index (κ2) is 4.96. The van der Waals surface area contributed by atoms with E-state index >= 15 is 0 Å². The number of anilines is 1. The predicted octanol–water partition coefficient (Wildman–Crippen LogP) is 1.64. The van der Waals surface area contributed by atoms with Gasteiger partial charge >= 0.3 is 5.97 Å². The molecule has 1 aromatic carbocycles. The van der Waals surface area contributed by atoms with Crippen LogP contribution in [0.4, 0.5) is 5.69 Å². The van der Waals surface area contributed by atoms with Crippen LogP contribution in [0, 0.1) is 12.8 Å². The molecule has 1 aromatic heterocycles. The lowest BCUT2D eigenvalue weighted by Crippen LogP contribution is -2.38. The Morgan fingerprint density at radius 1 is 1.45 bits per heavy atom. The molecule has 0 radical (unpaired) electrons. The number of carboxylic acid groups (broad SMARTS) is 1. The van der Waals surface area contributed by atoms with Crippen molar-refractivity contribution in [2.45, 2.75) is 19.9 Å². The molecule has 1 N–H and O–H groups in total. The van der Waals surface area contributed by atoms with Gasteiger partial charge in [-0.15, -0.1) is 10.2 Å². The highest BCUT2D eigenvalue weighted by molar-refractivity contribution is 5.73. The van der Waals surface area contributed by atoms with Crippen molar-refractivity contribution in [3.63, 3.8) is 0 Å². The molecule has 6 heteroatoms. The Hall–Kier alpha value is -2.37. The first-order valence-electron chi connectivity index (χ1n) is 6.48. The van der Waals surface area contributed by atoms with E-state index in [1.165, 1.54) is 0 Å². The van der Waals surface area contributed by atoms with Gasteiger partial charge < -0.3 is 14.4 Å². The van der Waals surface area contributed by atoms with Crippen molar-refractivity contribution in [2.24, 2.45) is 5.92 Å². The zero-order valence-electron chi connectivity index (χ0n) is 11.1. The number of benzene rings is 1. The Labute approximate surface area is 116 Å². The third-order valence-electron chi connectivity index (χ3n) is 3.48. The zero-order valence-corrected chi connectivity index (χ0v) is 11.1. The van der Waals surface area contributed by atoms with Crippen molar-refractivity contribution >= 4 is 11.7 Å². The van der Waals surface area contributed by atoms with Crippen LogP contribution >= 0.6 is 0 Å². The molecule has 1 atom stereocenters. The van der Waals surface area contributed by atoms with E-state index in [1.807, 2.05) is 29.2 Å². The summed E-state index contributed by atoms with van der Waals surface area (Å²) in [6, 6.07) is 7.84. The molecule has 0 bridgehead atoms. The van der Waals surface area contributed by atoms with Gasteiger partial charge in [0, 0.05) is 19.2 Å². The molecule has 1 aliphatic heterocycles. The fourth-order valence-corrected chi connectivity index (χ4v) is 2.57. The number of aromatic nitrogens is 2. The van der Waals surface area contributed by atoms with E-state index in [0.29, 0.717) is 31.3 Å². The highest BCUT2D eigenvalue weighted by atomic mass is 16.4. The number of nitrogens with zero attached hydrogens (tertiary/aromatic N) is 3. The van der Waals surface area contributed by atoms with Gasteiger partial charge in [0.25, 0.3) is 0 Å². The van der Waals surface area contributed by atoms with Crippen LogP contribution in [0.15, 0.2) is 28.7 Å². The van der Waals surface area contributed by atoms with E-state index in [9.17, 15) is 9.90 Å². The summed E-state index contributed by atoms with van der Waals surface area (Å²) in [5, 5.41) is 17.1. The summed E-state index contributed by atoms with van der Waals surface area (Å²) in [6.45, 7) is 2.62. The van der Waals surface area contributed by atoms with Crippen LogP contribution in [-0.4, -0.2) is 27.8 Å². The molecule has 1 unspecified atom stereocenters. The average molecular weight is 273 g/mol. The fraction of sp³-hybridized carbons (Fsp3) is 0.357. The lowest BCUT2D eigenvalue weighted by atomic mass is 9.92. The van der Waals surface area contributed by atoms with Crippen molar-refractivity contribution in [3.05, 3.63) is 41.6 Å². The number of rotatable bonds is 3. The van der Waals surface area contributed by atoms with Crippen molar-refractivity contribution in [1.82, 2.24) is 10.2 Å². The van der Waals surface area contributed by atoms with Gasteiger partial charge in [-0.3, -0.25) is 4.79 Å². The average Bonchev–Trinajstić information content (AvgIpc) is 2.84. The number of hydrogen-bond acceptors (Lipinski definition) is 5. The molecule has 0 amide bonds. The maximum Gasteiger partial charge on any atom is 0.308 e. The number of carboxylic acids is 1. The molecule has 3 rings (SSSR count). The zero-order chi connectivity index (χ0) is 14.1. The number of para-hydroxylation sites is 1. The van der Waals surface area contributed by atoms with Crippen LogP contribution in [-0.2, 0) is 17.8 Å². The number of aliphatic carboxylic acids is 1. The van der Waals surface area contributed by atoms with Crippen LogP contribution in [0.5, 0.6) is 0 Å². The SMILES string of the molecule is Cc1nnc(CN2CC(C(=O)O)Cc3ccccc32)o1. The van der Waals surface area contributed by atoms with E-state index < -0.39 is 11.9 Å². The van der Waals surface area contributed by atoms with E-state index in [1.54, 1.807) is 6.92 Å². The summed E-state index contributed by atoms with van der Waals surface area (Å²) in [5.74, 6) is -0.163. The third-order valence-corrected chi connectivity index (χ3v) is 3.48. The Morgan fingerprint density at radius 2 is 2.25 bits per heavy atom. The lowest BCUT2D eigenvalue weighted by molar-refractivity contribution is -0.141. The van der Waals surface area contributed by atoms with Gasteiger partial charge in [-0.2, -0.15) is 0 Å². The molecule has 0 saturated heterocycles. The van der Waals surface area contributed by atoms with E-state index in [4.69, 9.17) is 4.42 Å². The molecule has 0 aliphatic carbocycles. The predicted molar refractivity (Wildman–Crippen MR) is 71.4 cm³/mol. The van der Waals surface area contributed by atoms with Crippen molar-refractivity contribution in [3.8, 4) is 0 Å². The maximum atomic E-state index is 11.3. The molecule has 104 valence electrons. The van der Waals surface area contributed by atoms with E-state index in [0.717, 1.165) is 11.3 Å². The number of fused-ring (bicyclic) bond motifs is 1. The Kier molecular flexibility index (Phi) is 3.14. The van der Waals surface area contributed by atoms with Crippen molar-refractivity contribution in [2.75, 3.05) is 11.4 Å². The monoisotopic (exact) mass is 273 g/mol. The van der Waals surface area contributed by atoms with Crippen molar-refractivity contribution in [1.29, 1.82) is 0 Å². The molecule has 2 aromatic rings. The summed E-state index contributed by atoms with van der Waals surface area (Å²) >= 11 is 0. The first kappa shape index (κ1) is 12.7. The molecule has 2 heterocycles. The van der Waals surface area contributed by atoms with Crippen LogP contribution in [0.1, 0.15) is 17.3 Å². The number of hydrogen-bond donors (Lipinski definition) is 1. The summed E-state index contributed by atoms with van der Waals surface area (Å²) in [5.41, 5.74) is 2.09. The van der Waals surface area contributed by atoms with E-state index in [-0.39, 0.29) is 0 Å². The van der Waals surface area contributed by atoms with Crippen LogP contribution in [0.25, 0.3) is 0 Å². The minimum absolute atomic E-state index is 0.408. The number of aryl methyl sites for hydroxylation is 1. The maximum absolute atomic E-state index is 11.3. The summed E-state index contributed by atoms with van der Waals surface area (Å²) in [7, 11) is 0. The standard InChI is InChI=1S/C14H15N3O3/c1-9-15-16-13(20-9)8-17-7-11(14(18)19)6-10-4-2-3-5-12(10)17/h2-5,11H,6-8H2,1H3,(H,18,19). The number of carbonyl (C=O) groups is 1. The molecular formula is C14H15N3O3. The van der Waals surface area contributed by atoms with Gasteiger partial charge in [-0.05, 0) is 18.1 Å². The second-order valence-electron chi connectivity index (χ2n) is 4.96. The molecule has 1 aliphatic rings. The Bertz CT molecular complexity index is 638. The minimum atomic E-state index is -0.772. The Morgan fingerprint density at radius 3 is 2.95 bits per heavy atom. The normalized spacial score (nSPS) is 17.9. The van der Waals surface area contributed by atoms with Gasteiger partial charge in [0.2, 0.25) is 11.8 Å². The highest BCUT2D eigenvalue weighted by Gasteiger charge is 2.29. The fourth-order valence-electron chi connectivity index (χ4n) is 2.57. The van der Waals surface area contributed by atoms with Gasteiger partial charge in [-0.1, -0.05) is 18.2 Å². The molecule has 6 nitrogen and oxygen atoms in total. The first-order chi connectivity index (χ1) is 9.63. The lowest BCUT2D eigenvalue weighted by Gasteiger charge is -2.33. The molecule has 0 saturated carbocycles. The second-order valence-corrected chi connectivity index (χ2v) is 4.96. The quantitative estimate of drug-likeness (QED) is 0.915. The molecule has 20 heavy (non-hydrogen) atoms. The van der Waals surface area contributed by atoms with Crippen LogP contribution in [0.2, 0.25) is 0 Å². The summed E-state index contributed by atoms with van der Waals surface area (Å²) in [4.78, 5) is 13.3. The smallest absolute Gasteiger partial charge is 0.308 e. The van der Waals surface area contributed by atoms with Crippen LogP contribution < -0.4 is 4.90 Å². The van der Waals surface area contributed by atoms with Gasteiger partial charge in [0.1, 0.15) is 0 Å². The van der Waals surface area contributed by atoms with Gasteiger partial charge in [-0.25, -0.2) is 0 Å². The summed E-state index contributed by atoms with van der Waals surface area (Å²) < 4.78 is 5.39. The third kappa shape index (κ3) is 2.36. The Balaban J connectivity index is 1.90. The largest absolute Gasteiger partial charge is 0.481 e.